The second-order valence-electron chi connectivity index (χ2n) is 5.78. The van der Waals surface area contributed by atoms with Gasteiger partial charge >= 0.3 is 5.97 Å². The number of hydrogen-bond donors (Lipinski definition) is 1. The molecule has 27 heavy (non-hydrogen) atoms. The Morgan fingerprint density at radius 3 is 2.52 bits per heavy atom. The third-order valence-corrected chi connectivity index (χ3v) is 6.77. The number of ether oxygens (including phenoxy) is 1. The number of carbonyl (C=O) groups is 1. The highest BCUT2D eigenvalue weighted by atomic mass is 35.5. The lowest BCUT2D eigenvalue weighted by molar-refractivity contribution is -0.133. The molecule has 1 aromatic heterocycles. The number of carbonyl (C=O) groups excluding carboxylic acids is 1. The fraction of sp³-hybridized carbons (Fsp3) is 0.294. The quantitative estimate of drug-likeness (QED) is 0.153. The van der Waals surface area contributed by atoms with E-state index in [1.165, 1.54) is 17.4 Å². The van der Waals surface area contributed by atoms with Gasteiger partial charge in [-0.3, -0.25) is 4.79 Å². The summed E-state index contributed by atoms with van der Waals surface area (Å²) in [6, 6.07) is 3.26. The first-order chi connectivity index (χ1) is 12.8. The molecule has 10 heteroatoms. The molecule has 2 heterocycles. The second-order valence-corrected chi connectivity index (χ2v) is 8.45. The van der Waals surface area contributed by atoms with Crippen LogP contribution in [-0.4, -0.2) is 28.5 Å². The van der Waals surface area contributed by atoms with Gasteiger partial charge in [0.15, 0.2) is 10.9 Å². The van der Waals surface area contributed by atoms with Gasteiger partial charge in [0, 0.05) is 24.4 Å². The lowest BCUT2D eigenvalue weighted by Gasteiger charge is -2.30. The summed E-state index contributed by atoms with van der Waals surface area (Å²) in [6.07, 6.45) is 0.995. The highest BCUT2D eigenvalue weighted by Gasteiger charge is 2.28. The van der Waals surface area contributed by atoms with E-state index in [-0.39, 0.29) is 37.5 Å². The van der Waals surface area contributed by atoms with Crippen molar-refractivity contribution < 1.29 is 14.7 Å². The molecule has 0 saturated heterocycles. The zero-order valence-corrected chi connectivity index (χ0v) is 17.9. The summed E-state index contributed by atoms with van der Waals surface area (Å²) in [4.78, 5) is 14.4. The van der Waals surface area contributed by atoms with Gasteiger partial charge in [-0.15, -0.1) is 11.3 Å². The van der Waals surface area contributed by atoms with E-state index in [9.17, 15) is 10.0 Å². The van der Waals surface area contributed by atoms with E-state index in [0.29, 0.717) is 31.0 Å². The molecule has 0 spiro atoms. The van der Waals surface area contributed by atoms with Crippen LogP contribution in [0.1, 0.15) is 29.3 Å². The lowest BCUT2D eigenvalue weighted by Crippen LogP contribution is -2.36. The number of rotatable bonds is 3. The Bertz CT molecular complexity index is 903. The Kier molecular flexibility index (Phi) is 6.43. The minimum absolute atomic E-state index is 0.160. The Labute approximate surface area is 180 Å². The molecule has 0 bridgehead atoms. The molecule has 3 rings (SSSR count). The smallest absolute Gasteiger partial charge is 0.311 e. The van der Waals surface area contributed by atoms with Crippen LogP contribution in [0.4, 0.5) is 0 Å². The fourth-order valence-electron chi connectivity index (χ4n) is 2.76. The molecule has 1 aliphatic rings. The van der Waals surface area contributed by atoms with Crippen LogP contribution in [0.15, 0.2) is 17.3 Å². The number of fused-ring (bicyclic) bond motifs is 1. The summed E-state index contributed by atoms with van der Waals surface area (Å²) in [7, 11) is 0. The van der Waals surface area contributed by atoms with Crippen LogP contribution in [0.5, 0.6) is 5.06 Å². The Balaban J connectivity index is 1.91. The van der Waals surface area contributed by atoms with Crippen molar-refractivity contribution in [2.75, 3.05) is 6.54 Å². The Hall–Kier alpha value is -1.18. The maximum Gasteiger partial charge on any atom is 0.311 e. The van der Waals surface area contributed by atoms with Crippen LogP contribution < -0.4 is 4.74 Å². The molecule has 0 radical (unpaired) electrons. The molecule has 1 N–H and O–H groups in total. The maximum absolute atomic E-state index is 11.5. The minimum Gasteiger partial charge on any atom is -0.415 e. The van der Waals surface area contributed by atoms with Gasteiger partial charge < -0.3 is 14.8 Å². The highest BCUT2D eigenvalue weighted by Crippen LogP contribution is 2.39. The monoisotopic (exact) mass is 466 g/mol. The van der Waals surface area contributed by atoms with E-state index in [2.05, 4.69) is 5.16 Å². The van der Waals surface area contributed by atoms with Crippen molar-refractivity contribution in [3.05, 3.63) is 48.2 Å². The number of hydrogen-bond acceptors (Lipinski definition) is 5. The van der Waals surface area contributed by atoms with Crippen LogP contribution in [0, 0.1) is 0 Å². The van der Waals surface area contributed by atoms with E-state index in [4.69, 9.17) is 51.1 Å². The van der Waals surface area contributed by atoms with Crippen molar-refractivity contribution in [1.29, 1.82) is 0 Å². The van der Waals surface area contributed by atoms with Gasteiger partial charge in [-0.2, -0.15) is 0 Å². The fourth-order valence-corrected chi connectivity index (χ4v) is 4.77. The van der Waals surface area contributed by atoms with Gasteiger partial charge in [-0.1, -0.05) is 58.5 Å². The molecule has 0 atom stereocenters. The number of esters is 1. The lowest BCUT2D eigenvalue weighted by atomic mass is 10.1. The molecule has 0 saturated carbocycles. The Morgan fingerprint density at radius 2 is 1.93 bits per heavy atom. The van der Waals surface area contributed by atoms with Crippen molar-refractivity contribution in [1.82, 2.24) is 4.90 Å². The second kappa shape index (κ2) is 8.45. The van der Waals surface area contributed by atoms with Gasteiger partial charge in [0.05, 0.1) is 25.7 Å². The van der Waals surface area contributed by atoms with Crippen LogP contribution >= 0.6 is 57.7 Å². The van der Waals surface area contributed by atoms with Crippen LogP contribution in [0.25, 0.3) is 0 Å². The molecule has 1 aromatic carbocycles. The first-order valence-electron chi connectivity index (χ1n) is 7.98. The standard InChI is InChI=1S/C17H14Cl4N2O3S/c1-2-12(24)26-13-5-8-7-23(4-3-11(8)27-13)17(22-25)14-15(20)9(18)6-10(19)16(14)21/h5-6,25H,2-4,7H2,1H3/b22-17-. The predicted octanol–water partition coefficient (Wildman–Crippen LogP) is 5.87. The molecule has 2 aromatic rings. The first-order valence-corrected chi connectivity index (χ1v) is 10.3. The summed E-state index contributed by atoms with van der Waals surface area (Å²) in [5.74, 6) is -0.103. The number of thiophene rings is 1. The summed E-state index contributed by atoms with van der Waals surface area (Å²) >= 11 is 26.2. The average Bonchev–Trinajstić information content (AvgIpc) is 3.04. The zero-order valence-electron chi connectivity index (χ0n) is 14.1. The third kappa shape index (κ3) is 4.15. The summed E-state index contributed by atoms with van der Waals surface area (Å²) in [5, 5.41) is 14.3. The highest BCUT2D eigenvalue weighted by molar-refractivity contribution is 7.14. The van der Waals surface area contributed by atoms with Gasteiger partial charge in [0.25, 0.3) is 0 Å². The normalized spacial score (nSPS) is 14.3. The molecule has 0 amide bonds. The molecule has 0 aliphatic carbocycles. The van der Waals surface area contributed by atoms with E-state index in [1.807, 2.05) is 11.0 Å². The van der Waals surface area contributed by atoms with Crippen molar-refractivity contribution in [2.45, 2.75) is 26.3 Å². The van der Waals surface area contributed by atoms with Gasteiger partial charge in [0.1, 0.15) is 0 Å². The van der Waals surface area contributed by atoms with Crippen molar-refractivity contribution in [3.63, 3.8) is 0 Å². The Morgan fingerprint density at radius 1 is 1.26 bits per heavy atom. The molecule has 0 unspecified atom stereocenters. The first kappa shape index (κ1) is 20.6. The van der Waals surface area contributed by atoms with E-state index >= 15 is 0 Å². The maximum atomic E-state index is 11.5. The van der Waals surface area contributed by atoms with Crippen LogP contribution in [-0.2, 0) is 17.8 Å². The van der Waals surface area contributed by atoms with Gasteiger partial charge in [-0.25, -0.2) is 0 Å². The van der Waals surface area contributed by atoms with E-state index in [1.54, 1.807) is 6.92 Å². The zero-order chi connectivity index (χ0) is 19.7. The summed E-state index contributed by atoms with van der Waals surface area (Å²) in [6.45, 7) is 2.74. The average molecular weight is 468 g/mol. The summed E-state index contributed by atoms with van der Waals surface area (Å²) in [5.41, 5.74) is 1.25. The molecule has 0 fully saturated rings. The predicted molar refractivity (Wildman–Crippen MR) is 109 cm³/mol. The van der Waals surface area contributed by atoms with Crippen LogP contribution in [0.3, 0.4) is 0 Å². The SMILES string of the molecule is CCC(=O)Oc1cc2c(s1)CCN(/C(=N\O)c1c(Cl)c(Cl)cc(Cl)c1Cl)C2. The topological polar surface area (TPSA) is 62.1 Å². The minimum atomic E-state index is -0.282. The van der Waals surface area contributed by atoms with E-state index < -0.39 is 0 Å². The molecule has 144 valence electrons. The van der Waals surface area contributed by atoms with Gasteiger partial charge in [-0.05, 0) is 24.1 Å². The third-order valence-electron chi connectivity index (χ3n) is 4.08. The van der Waals surface area contributed by atoms with E-state index in [0.717, 1.165) is 10.4 Å². The number of oxime groups is 1. The van der Waals surface area contributed by atoms with Gasteiger partial charge in [0.2, 0.25) is 0 Å². The largest absolute Gasteiger partial charge is 0.415 e. The van der Waals surface area contributed by atoms with Crippen LogP contribution in [0.2, 0.25) is 20.1 Å². The van der Waals surface area contributed by atoms with Crippen molar-refractivity contribution in [3.8, 4) is 5.06 Å². The number of nitrogens with zero attached hydrogens (tertiary/aromatic N) is 2. The number of amidine groups is 1. The number of benzene rings is 1. The van der Waals surface area contributed by atoms with Crippen molar-refractivity contribution in [2.24, 2.45) is 5.16 Å². The number of halogens is 4. The molecular weight excluding hydrogens is 454 g/mol. The molecule has 1 aliphatic heterocycles. The van der Waals surface area contributed by atoms with Crippen molar-refractivity contribution >= 4 is 69.5 Å². The summed E-state index contributed by atoms with van der Waals surface area (Å²) < 4.78 is 5.30. The molecule has 5 nitrogen and oxygen atoms in total. The molecular formula is C17H14Cl4N2O3S.